The van der Waals surface area contributed by atoms with Crippen LogP contribution in [0.4, 0.5) is 0 Å². The SMILES string of the molecule is CCCC(C)C(=O)N1CCCN(CCN)CC1. The Hall–Kier alpha value is -0.610. The fourth-order valence-electron chi connectivity index (χ4n) is 2.47. The summed E-state index contributed by atoms with van der Waals surface area (Å²) in [5.41, 5.74) is 5.57. The highest BCUT2D eigenvalue weighted by Crippen LogP contribution is 2.12. The first-order valence-electron chi connectivity index (χ1n) is 6.90. The van der Waals surface area contributed by atoms with Crippen molar-refractivity contribution >= 4 is 5.91 Å². The Bertz CT molecular complexity index is 233. The summed E-state index contributed by atoms with van der Waals surface area (Å²) in [4.78, 5) is 16.6. The number of nitrogens with two attached hydrogens (primary N) is 1. The molecule has 1 heterocycles. The molecule has 4 nitrogen and oxygen atoms in total. The van der Waals surface area contributed by atoms with Crippen molar-refractivity contribution in [3.63, 3.8) is 0 Å². The van der Waals surface area contributed by atoms with Gasteiger partial charge in [-0.3, -0.25) is 4.79 Å². The van der Waals surface area contributed by atoms with Gasteiger partial charge in [-0.05, 0) is 19.4 Å². The third-order valence-electron chi connectivity index (χ3n) is 3.49. The standard InChI is InChI=1S/C13H27N3O/c1-3-5-12(2)13(17)16-8-4-7-15(9-6-14)10-11-16/h12H,3-11,14H2,1-2H3. The Kier molecular flexibility index (Phi) is 6.52. The second kappa shape index (κ2) is 7.67. The smallest absolute Gasteiger partial charge is 0.225 e. The fraction of sp³-hybridized carbons (Fsp3) is 0.923. The topological polar surface area (TPSA) is 49.6 Å². The molecule has 0 spiro atoms. The van der Waals surface area contributed by atoms with Gasteiger partial charge in [0, 0.05) is 38.6 Å². The van der Waals surface area contributed by atoms with Crippen molar-refractivity contribution in [1.82, 2.24) is 9.80 Å². The summed E-state index contributed by atoms with van der Waals surface area (Å²) in [7, 11) is 0. The maximum Gasteiger partial charge on any atom is 0.225 e. The summed E-state index contributed by atoms with van der Waals surface area (Å²) in [5, 5.41) is 0. The largest absolute Gasteiger partial charge is 0.341 e. The molecule has 0 radical (unpaired) electrons. The van der Waals surface area contributed by atoms with Crippen LogP contribution in [0.15, 0.2) is 0 Å². The van der Waals surface area contributed by atoms with E-state index in [1.807, 2.05) is 11.8 Å². The summed E-state index contributed by atoms with van der Waals surface area (Å²) in [6, 6.07) is 0. The van der Waals surface area contributed by atoms with Crippen molar-refractivity contribution in [2.75, 3.05) is 39.3 Å². The van der Waals surface area contributed by atoms with E-state index in [1.54, 1.807) is 0 Å². The lowest BCUT2D eigenvalue weighted by atomic mass is 10.0. The maximum atomic E-state index is 12.2. The van der Waals surface area contributed by atoms with E-state index in [0.29, 0.717) is 12.5 Å². The number of amides is 1. The predicted octanol–water partition coefficient (Wildman–Crippen LogP) is 0.916. The molecule has 1 aliphatic heterocycles. The van der Waals surface area contributed by atoms with E-state index in [1.165, 1.54) is 0 Å². The second-order valence-electron chi connectivity index (χ2n) is 5.00. The van der Waals surface area contributed by atoms with Crippen molar-refractivity contribution < 1.29 is 4.79 Å². The van der Waals surface area contributed by atoms with Crippen molar-refractivity contribution in [3.8, 4) is 0 Å². The Balaban J connectivity index is 2.42. The highest BCUT2D eigenvalue weighted by atomic mass is 16.2. The van der Waals surface area contributed by atoms with Gasteiger partial charge in [0.05, 0.1) is 0 Å². The normalized spacial score (nSPS) is 20.1. The number of nitrogens with zero attached hydrogens (tertiary/aromatic N) is 2. The molecule has 1 fully saturated rings. The number of hydrogen-bond acceptors (Lipinski definition) is 3. The van der Waals surface area contributed by atoms with E-state index in [0.717, 1.165) is 52.0 Å². The molecule has 0 bridgehead atoms. The second-order valence-corrected chi connectivity index (χ2v) is 5.00. The first kappa shape index (κ1) is 14.5. The van der Waals surface area contributed by atoms with Crippen LogP contribution in [0.3, 0.4) is 0 Å². The highest BCUT2D eigenvalue weighted by Gasteiger charge is 2.22. The molecule has 100 valence electrons. The Morgan fingerprint density at radius 1 is 1.29 bits per heavy atom. The first-order chi connectivity index (χ1) is 8.19. The van der Waals surface area contributed by atoms with E-state index >= 15 is 0 Å². The molecule has 2 N–H and O–H groups in total. The van der Waals surface area contributed by atoms with Crippen LogP contribution in [0.25, 0.3) is 0 Å². The van der Waals surface area contributed by atoms with Crippen LogP contribution in [-0.2, 0) is 4.79 Å². The first-order valence-corrected chi connectivity index (χ1v) is 6.90. The van der Waals surface area contributed by atoms with Crippen LogP contribution in [0.1, 0.15) is 33.1 Å². The van der Waals surface area contributed by atoms with Crippen LogP contribution in [0, 0.1) is 5.92 Å². The zero-order chi connectivity index (χ0) is 12.7. The minimum atomic E-state index is 0.182. The lowest BCUT2D eigenvalue weighted by molar-refractivity contribution is -0.135. The van der Waals surface area contributed by atoms with Gasteiger partial charge >= 0.3 is 0 Å². The van der Waals surface area contributed by atoms with E-state index < -0.39 is 0 Å². The molecular weight excluding hydrogens is 214 g/mol. The molecule has 0 aromatic carbocycles. The number of hydrogen-bond donors (Lipinski definition) is 1. The lowest BCUT2D eigenvalue weighted by Crippen LogP contribution is -2.39. The van der Waals surface area contributed by atoms with Gasteiger partial charge in [0.25, 0.3) is 0 Å². The van der Waals surface area contributed by atoms with Crippen LogP contribution in [-0.4, -0.2) is 55.0 Å². The van der Waals surface area contributed by atoms with Crippen LogP contribution >= 0.6 is 0 Å². The number of carbonyl (C=O) groups excluding carboxylic acids is 1. The van der Waals surface area contributed by atoms with Crippen LogP contribution < -0.4 is 5.73 Å². The summed E-state index contributed by atoms with van der Waals surface area (Å²) in [5.74, 6) is 0.516. The zero-order valence-electron chi connectivity index (χ0n) is 11.3. The summed E-state index contributed by atoms with van der Waals surface area (Å²) < 4.78 is 0. The van der Waals surface area contributed by atoms with Gasteiger partial charge in [-0.25, -0.2) is 0 Å². The monoisotopic (exact) mass is 241 g/mol. The molecule has 1 amide bonds. The van der Waals surface area contributed by atoms with E-state index in [4.69, 9.17) is 5.73 Å². The van der Waals surface area contributed by atoms with E-state index in [9.17, 15) is 4.79 Å². The Labute approximate surface area is 105 Å². The lowest BCUT2D eigenvalue weighted by Gasteiger charge is -2.24. The molecule has 1 aliphatic rings. The van der Waals surface area contributed by atoms with Gasteiger partial charge in [0.15, 0.2) is 0 Å². The Morgan fingerprint density at radius 3 is 2.71 bits per heavy atom. The number of rotatable bonds is 5. The average molecular weight is 241 g/mol. The highest BCUT2D eigenvalue weighted by molar-refractivity contribution is 5.78. The minimum Gasteiger partial charge on any atom is -0.341 e. The summed E-state index contributed by atoms with van der Waals surface area (Å²) in [6.07, 6.45) is 3.16. The fourth-order valence-corrected chi connectivity index (χ4v) is 2.47. The molecule has 0 aromatic rings. The summed E-state index contributed by atoms with van der Waals surface area (Å²) in [6.45, 7) is 9.67. The van der Waals surface area contributed by atoms with E-state index in [2.05, 4.69) is 11.8 Å². The molecule has 4 heteroatoms. The molecule has 0 saturated carbocycles. The third-order valence-corrected chi connectivity index (χ3v) is 3.49. The molecule has 17 heavy (non-hydrogen) atoms. The van der Waals surface area contributed by atoms with E-state index in [-0.39, 0.29) is 5.92 Å². The maximum absolute atomic E-state index is 12.2. The molecule has 0 aliphatic carbocycles. The molecule has 0 aromatic heterocycles. The Morgan fingerprint density at radius 2 is 2.06 bits per heavy atom. The molecular formula is C13H27N3O. The van der Waals surface area contributed by atoms with Gasteiger partial charge < -0.3 is 15.5 Å². The van der Waals surface area contributed by atoms with Crippen LogP contribution in [0.5, 0.6) is 0 Å². The van der Waals surface area contributed by atoms with Gasteiger partial charge in [-0.2, -0.15) is 0 Å². The average Bonchev–Trinajstić information content (AvgIpc) is 2.54. The molecule has 1 atom stereocenters. The van der Waals surface area contributed by atoms with Crippen LogP contribution in [0.2, 0.25) is 0 Å². The van der Waals surface area contributed by atoms with Crippen molar-refractivity contribution in [1.29, 1.82) is 0 Å². The predicted molar refractivity (Wildman–Crippen MR) is 70.8 cm³/mol. The van der Waals surface area contributed by atoms with Gasteiger partial charge in [0.1, 0.15) is 0 Å². The summed E-state index contributed by atoms with van der Waals surface area (Å²) >= 11 is 0. The van der Waals surface area contributed by atoms with Gasteiger partial charge in [-0.1, -0.05) is 20.3 Å². The van der Waals surface area contributed by atoms with Gasteiger partial charge in [-0.15, -0.1) is 0 Å². The third kappa shape index (κ3) is 4.64. The van der Waals surface area contributed by atoms with Crippen molar-refractivity contribution in [3.05, 3.63) is 0 Å². The number of carbonyl (C=O) groups is 1. The van der Waals surface area contributed by atoms with Crippen molar-refractivity contribution in [2.45, 2.75) is 33.1 Å². The molecule has 1 saturated heterocycles. The quantitative estimate of drug-likeness (QED) is 0.778. The van der Waals surface area contributed by atoms with Gasteiger partial charge in [0.2, 0.25) is 5.91 Å². The molecule has 1 unspecified atom stereocenters. The van der Waals surface area contributed by atoms with Crippen molar-refractivity contribution in [2.24, 2.45) is 11.7 Å². The molecule has 1 rings (SSSR count). The minimum absolute atomic E-state index is 0.182. The zero-order valence-corrected chi connectivity index (χ0v) is 11.3.